The van der Waals surface area contributed by atoms with E-state index in [4.69, 9.17) is 9.47 Å². The van der Waals surface area contributed by atoms with Crippen LogP contribution in [0.15, 0.2) is 42.9 Å². The first kappa shape index (κ1) is 15.2. The summed E-state index contributed by atoms with van der Waals surface area (Å²) in [6.45, 7) is 0.952. The molecule has 1 atom stereocenters. The number of aryl methyl sites for hydroxylation is 1. The van der Waals surface area contributed by atoms with Crippen LogP contribution in [0.1, 0.15) is 10.5 Å². The van der Waals surface area contributed by atoms with E-state index in [0.29, 0.717) is 18.8 Å². The second-order valence-electron chi connectivity index (χ2n) is 5.68. The number of hydrogen-bond acceptors (Lipinski definition) is 6. The number of anilines is 1. The van der Waals surface area contributed by atoms with Gasteiger partial charge in [0, 0.05) is 13.2 Å². The van der Waals surface area contributed by atoms with Crippen molar-refractivity contribution in [3.8, 4) is 11.5 Å². The number of amides is 1. The molecule has 0 aliphatic carbocycles. The number of rotatable bonds is 4. The molecule has 0 bridgehead atoms. The molecule has 0 saturated carbocycles. The Hall–Kier alpha value is -3.36. The normalized spacial score (nSPS) is 15.8. The summed E-state index contributed by atoms with van der Waals surface area (Å²) in [5.41, 5.74) is 0.823. The molecule has 1 N–H and O–H groups in total. The minimum atomic E-state index is -0.334. The first-order valence-corrected chi connectivity index (χ1v) is 7.76. The molecule has 128 valence electrons. The Morgan fingerprint density at radius 1 is 1.32 bits per heavy atom. The summed E-state index contributed by atoms with van der Waals surface area (Å²) in [5, 5.41) is 14.5. The number of aromatic nitrogens is 5. The van der Waals surface area contributed by atoms with Gasteiger partial charge < -0.3 is 14.8 Å². The van der Waals surface area contributed by atoms with Gasteiger partial charge >= 0.3 is 0 Å². The molecule has 1 aliphatic heterocycles. The molecule has 0 saturated heterocycles. The van der Waals surface area contributed by atoms with Crippen molar-refractivity contribution in [3.05, 3.63) is 48.5 Å². The lowest BCUT2D eigenvalue weighted by Crippen LogP contribution is -2.33. The van der Waals surface area contributed by atoms with Gasteiger partial charge in [-0.3, -0.25) is 14.2 Å². The molecule has 25 heavy (non-hydrogen) atoms. The minimum Gasteiger partial charge on any atom is -0.486 e. The van der Waals surface area contributed by atoms with Crippen LogP contribution < -0.4 is 14.8 Å². The van der Waals surface area contributed by atoms with Gasteiger partial charge in [-0.15, -0.1) is 5.10 Å². The van der Waals surface area contributed by atoms with Crippen molar-refractivity contribution in [3.63, 3.8) is 0 Å². The highest BCUT2D eigenvalue weighted by Gasteiger charge is 2.21. The predicted octanol–water partition coefficient (Wildman–Crippen LogP) is 1.10. The first-order chi connectivity index (χ1) is 12.2. The largest absolute Gasteiger partial charge is 0.486 e. The van der Waals surface area contributed by atoms with E-state index >= 15 is 0 Å². The van der Waals surface area contributed by atoms with E-state index in [1.54, 1.807) is 30.3 Å². The fraction of sp³-hybridized carbons (Fsp3) is 0.250. The average molecular weight is 340 g/mol. The monoisotopic (exact) mass is 340 g/mol. The molecular weight excluding hydrogens is 324 g/mol. The summed E-state index contributed by atoms with van der Waals surface area (Å²) in [7, 11) is 1.70. The molecular formula is C16H16N6O3. The molecule has 0 spiro atoms. The van der Waals surface area contributed by atoms with Crippen LogP contribution in [0, 0.1) is 0 Å². The van der Waals surface area contributed by atoms with Gasteiger partial charge in [-0.05, 0) is 12.1 Å². The smallest absolute Gasteiger partial charge is 0.277 e. The second kappa shape index (κ2) is 6.27. The Bertz CT molecular complexity index is 903. The SMILES string of the molecule is Cn1cc(C(=O)Nc2cnn(CC3COc4ccccc4O3)c2)nn1. The third kappa shape index (κ3) is 3.30. The Kier molecular flexibility index (Phi) is 3.81. The van der Waals surface area contributed by atoms with Crippen molar-refractivity contribution in [2.75, 3.05) is 11.9 Å². The minimum absolute atomic E-state index is 0.154. The van der Waals surface area contributed by atoms with Crippen molar-refractivity contribution in [2.45, 2.75) is 12.6 Å². The highest BCUT2D eigenvalue weighted by atomic mass is 16.6. The summed E-state index contributed by atoms with van der Waals surface area (Å²) >= 11 is 0. The van der Waals surface area contributed by atoms with Crippen molar-refractivity contribution in [1.82, 2.24) is 24.8 Å². The fourth-order valence-corrected chi connectivity index (χ4v) is 2.54. The van der Waals surface area contributed by atoms with E-state index in [-0.39, 0.29) is 17.7 Å². The molecule has 1 unspecified atom stereocenters. The number of hydrogen-bond donors (Lipinski definition) is 1. The predicted molar refractivity (Wildman–Crippen MR) is 87.5 cm³/mol. The quantitative estimate of drug-likeness (QED) is 0.764. The van der Waals surface area contributed by atoms with Gasteiger partial charge in [-0.25, -0.2) is 0 Å². The standard InChI is InChI=1S/C16H16N6O3/c1-21-9-13(19-20-21)16(23)18-11-6-17-22(7-11)8-12-10-24-14-4-2-3-5-15(14)25-12/h2-7,9,12H,8,10H2,1H3,(H,18,23). The van der Waals surface area contributed by atoms with Gasteiger partial charge in [0.15, 0.2) is 23.3 Å². The molecule has 1 aromatic carbocycles. The van der Waals surface area contributed by atoms with Gasteiger partial charge in [0.1, 0.15) is 6.61 Å². The third-order valence-electron chi connectivity index (χ3n) is 3.68. The number of benzene rings is 1. The second-order valence-corrected chi connectivity index (χ2v) is 5.68. The summed E-state index contributed by atoms with van der Waals surface area (Å²) in [5.74, 6) is 1.14. The molecule has 1 amide bonds. The Morgan fingerprint density at radius 2 is 2.16 bits per heavy atom. The van der Waals surface area contributed by atoms with E-state index < -0.39 is 0 Å². The zero-order valence-electron chi connectivity index (χ0n) is 13.5. The summed E-state index contributed by atoms with van der Waals surface area (Å²) in [4.78, 5) is 12.1. The molecule has 0 fully saturated rings. The van der Waals surface area contributed by atoms with E-state index in [0.717, 1.165) is 11.5 Å². The highest BCUT2D eigenvalue weighted by Crippen LogP contribution is 2.31. The third-order valence-corrected chi connectivity index (χ3v) is 3.68. The number of carbonyl (C=O) groups is 1. The summed E-state index contributed by atoms with van der Waals surface area (Å²) in [6.07, 6.45) is 4.70. The lowest BCUT2D eigenvalue weighted by molar-refractivity contribution is 0.0759. The van der Waals surface area contributed by atoms with Crippen LogP contribution in [-0.2, 0) is 13.6 Å². The van der Waals surface area contributed by atoms with E-state index in [2.05, 4.69) is 20.7 Å². The van der Waals surface area contributed by atoms with Crippen LogP contribution in [0.5, 0.6) is 11.5 Å². The van der Waals surface area contributed by atoms with E-state index in [9.17, 15) is 4.79 Å². The highest BCUT2D eigenvalue weighted by molar-refractivity contribution is 6.02. The van der Waals surface area contributed by atoms with Gasteiger partial charge in [0.25, 0.3) is 5.91 Å². The topological polar surface area (TPSA) is 96.1 Å². The lowest BCUT2D eigenvalue weighted by atomic mass is 10.2. The molecule has 9 heteroatoms. The molecule has 0 radical (unpaired) electrons. The Labute approximate surface area is 143 Å². The average Bonchev–Trinajstić information content (AvgIpc) is 3.24. The van der Waals surface area contributed by atoms with E-state index in [1.165, 1.54) is 4.68 Å². The van der Waals surface area contributed by atoms with Crippen molar-refractivity contribution < 1.29 is 14.3 Å². The molecule has 4 rings (SSSR count). The number of ether oxygens (including phenoxy) is 2. The summed E-state index contributed by atoms with van der Waals surface area (Å²) < 4.78 is 14.8. The maximum absolute atomic E-state index is 12.1. The van der Waals surface area contributed by atoms with Crippen molar-refractivity contribution in [1.29, 1.82) is 0 Å². The van der Waals surface area contributed by atoms with Crippen LogP contribution in [0.3, 0.4) is 0 Å². The number of carbonyl (C=O) groups excluding carboxylic acids is 1. The van der Waals surface area contributed by atoms with Crippen molar-refractivity contribution >= 4 is 11.6 Å². The zero-order valence-corrected chi connectivity index (χ0v) is 13.5. The number of fused-ring (bicyclic) bond motifs is 1. The van der Waals surface area contributed by atoms with E-state index in [1.807, 2.05) is 24.3 Å². The van der Waals surface area contributed by atoms with Crippen LogP contribution >= 0.6 is 0 Å². The molecule has 1 aliphatic rings. The molecule has 3 heterocycles. The van der Waals surface area contributed by atoms with Crippen LogP contribution in [0.2, 0.25) is 0 Å². The molecule has 2 aromatic heterocycles. The maximum atomic E-state index is 12.1. The maximum Gasteiger partial charge on any atom is 0.277 e. The van der Waals surface area contributed by atoms with Gasteiger partial charge in [-0.2, -0.15) is 5.10 Å². The number of nitrogens with one attached hydrogen (secondary N) is 1. The van der Waals surface area contributed by atoms with Gasteiger partial charge in [0.2, 0.25) is 0 Å². The zero-order chi connectivity index (χ0) is 17.2. The molecule has 3 aromatic rings. The van der Waals surface area contributed by atoms with Crippen LogP contribution in [-0.4, -0.2) is 43.4 Å². The number of nitrogens with zero attached hydrogens (tertiary/aromatic N) is 5. The van der Waals surface area contributed by atoms with Crippen LogP contribution in [0.25, 0.3) is 0 Å². The number of para-hydroxylation sites is 2. The Balaban J connectivity index is 1.38. The van der Waals surface area contributed by atoms with Crippen molar-refractivity contribution in [2.24, 2.45) is 7.05 Å². The fourth-order valence-electron chi connectivity index (χ4n) is 2.54. The summed E-state index contributed by atoms with van der Waals surface area (Å²) in [6, 6.07) is 7.55. The lowest BCUT2D eigenvalue weighted by Gasteiger charge is -2.26. The van der Waals surface area contributed by atoms with Gasteiger partial charge in [0.05, 0.1) is 24.6 Å². The Morgan fingerprint density at radius 3 is 2.96 bits per heavy atom. The van der Waals surface area contributed by atoms with Gasteiger partial charge in [-0.1, -0.05) is 17.3 Å². The first-order valence-electron chi connectivity index (χ1n) is 7.76. The molecule has 9 nitrogen and oxygen atoms in total. The van der Waals surface area contributed by atoms with Crippen LogP contribution in [0.4, 0.5) is 5.69 Å².